The van der Waals surface area contributed by atoms with Crippen molar-refractivity contribution in [1.29, 1.82) is 0 Å². The molecule has 0 aliphatic carbocycles. The largest absolute Gasteiger partial charge is 0.489 e. The van der Waals surface area contributed by atoms with E-state index < -0.39 is 29.8 Å². The van der Waals surface area contributed by atoms with Crippen LogP contribution in [0.2, 0.25) is 5.02 Å². The van der Waals surface area contributed by atoms with Crippen LogP contribution in [-0.4, -0.2) is 41.5 Å². The molecule has 9 heteroatoms. The third-order valence-corrected chi connectivity index (χ3v) is 7.14. The summed E-state index contributed by atoms with van der Waals surface area (Å²) < 4.78 is 16.4. The standard InChI is InChI=1S/C31H36ClNO6S/c1-5-37-28(35)31(21-34,33-29(36)39-30(2,3)4)17-16-23-14-15-26(19-27(23)32)40-25-13-9-12-24(18-25)38-20-22-10-7-6-8-11-22/h6-15,18-19,34H,5,16-17,20-21H2,1-4H3,(H,33,36). The molecule has 0 saturated heterocycles. The van der Waals surface area contributed by atoms with E-state index >= 15 is 0 Å². The normalized spacial score (nSPS) is 12.8. The number of carbonyl (C=O) groups is 2. The number of carbonyl (C=O) groups excluding carboxylic acids is 2. The molecule has 3 aromatic carbocycles. The fraction of sp³-hybridized carbons (Fsp3) is 0.355. The summed E-state index contributed by atoms with van der Waals surface area (Å²) in [5.41, 5.74) is -0.587. The summed E-state index contributed by atoms with van der Waals surface area (Å²) in [5, 5.41) is 13.2. The Balaban J connectivity index is 1.68. The molecule has 1 amide bonds. The second-order valence-corrected chi connectivity index (χ2v) is 11.7. The van der Waals surface area contributed by atoms with Crippen LogP contribution in [0.25, 0.3) is 0 Å². The number of hydrogen-bond donors (Lipinski definition) is 2. The molecule has 0 bridgehead atoms. The lowest BCUT2D eigenvalue weighted by Crippen LogP contribution is -2.59. The maximum atomic E-state index is 12.8. The van der Waals surface area contributed by atoms with Crippen LogP contribution < -0.4 is 10.1 Å². The van der Waals surface area contributed by atoms with E-state index in [9.17, 15) is 14.7 Å². The Morgan fingerprint density at radius 2 is 1.70 bits per heavy atom. The zero-order valence-corrected chi connectivity index (χ0v) is 24.8. The summed E-state index contributed by atoms with van der Waals surface area (Å²) in [4.78, 5) is 27.2. The van der Waals surface area contributed by atoms with E-state index in [2.05, 4.69) is 5.32 Å². The van der Waals surface area contributed by atoms with Gasteiger partial charge in [-0.2, -0.15) is 0 Å². The number of aliphatic hydroxyl groups is 1. The minimum atomic E-state index is -1.67. The second-order valence-electron chi connectivity index (χ2n) is 10.2. The van der Waals surface area contributed by atoms with Crippen LogP contribution in [0, 0.1) is 0 Å². The van der Waals surface area contributed by atoms with Gasteiger partial charge >= 0.3 is 12.1 Å². The number of benzene rings is 3. The highest BCUT2D eigenvalue weighted by Crippen LogP contribution is 2.33. The lowest BCUT2D eigenvalue weighted by Gasteiger charge is -2.32. The SMILES string of the molecule is CCOC(=O)C(CO)(CCc1ccc(Sc2cccc(OCc3ccccc3)c2)cc1Cl)NC(=O)OC(C)(C)C. The molecule has 40 heavy (non-hydrogen) atoms. The molecule has 3 aromatic rings. The van der Waals surface area contributed by atoms with Gasteiger partial charge in [0.1, 0.15) is 18.0 Å². The summed E-state index contributed by atoms with van der Waals surface area (Å²) in [7, 11) is 0. The number of aliphatic hydroxyl groups excluding tert-OH is 1. The number of aryl methyl sites for hydroxylation is 1. The highest BCUT2D eigenvalue weighted by Gasteiger charge is 2.42. The maximum Gasteiger partial charge on any atom is 0.408 e. The minimum Gasteiger partial charge on any atom is -0.489 e. The Hall–Kier alpha value is -3.20. The molecule has 0 heterocycles. The first-order chi connectivity index (χ1) is 19.0. The zero-order chi connectivity index (χ0) is 29.2. The van der Waals surface area contributed by atoms with Crippen molar-refractivity contribution in [2.75, 3.05) is 13.2 Å². The molecule has 0 aliphatic rings. The van der Waals surface area contributed by atoms with Crippen LogP contribution in [0.5, 0.6) is 5.75 Å². The Morgan fingerprint density at radius 3 is 2.35 bits per heavy atom. The number of ether oxygens (including phenoxy) is 3. The third-order valence-electron chi connectivity index (χ3n) is 5.81. The quantitative estimate of drug-likeness (QED) is 0.225. The summed E-state index contributed by atoms with van der Waals surface area (Å²) >= 11 is 8.17. The summed E-state index contributed by atoms with van der Waals surface area (Å²) in [5.74, 6) is 0.0365. The van der Waals surface area contributed by atoms with Crippen molar-refractivity contribution in [3.63, 3.8) is 0 Å². The average Bonchev–Trinajstić information content (AvgIpc) is 2.90. The van der Waals surface area contributed by atoms with E-state index in [0.29, 0.717) is 18.1 Å². The highest BCUT2D eigenvalue weighted by molar-refractivity contribution is 7.99. The van der Waals surface area contributed by atoms with Gasteiger partial charge in [-0.25, -0.2) is 9.59 Å². The van der Waals surface area contributed by atoms with E-state index in [1.807, 2.05) is 72.8 Å². The van der Waals surface area contributed by atoms with Crippen molar-refractivity contribution in [3.8, 4) is 5.75 Å². The predicted molar refractivity (Wildman–Crippen MR) is 157 cm³/mol. The lowest BCUT2D eigenvalue weighted by molar-refractivity contribution is -0.153. The van der Waals surface area contributed by atoms with Gasteiger partial charge in [0.15, 0.2) is 5.54 Å². The first-order valence-corrected chi connectivity index (χ1v) is 14.3. The van der Waals surface area contributed by atoms with E-state index in [1.165, 1.54) is 0 Å². The van der Waals surface area contributed by atoms with Crippen molar-refractivity contribution in [2.45, 2.75) is 68.1 Å². The van der Waals surface area contributed by atoms with Crippen molar-refractivity contribution in [1.82, 2.24) is 5.32 Å². The molecule has 214 valence electrons. The molecule has 0 fully saturated rings. The number of hydrogen-bond acceptors (Lipinski definition) is 7. The van der Waals surface area contributed by atoms with Gasteiger partial charge in [-0.05, 0) is 82.0 Å². The molecule has 0 radical (unpaired) electrons. The van der Waals surface area contributed by atoms with Gasteiger partial charge in [-0.1, -0.05) is 65.8 Å². The summed E-state index contributed by atoms with van der Waals surface area (Å²) in [6.45, 7) is 6.73. The fourth-order valence-corrected chi connectivity index (χ4v) is 5.06. The van der Waals surface area contributed by atoms with Crippen molar-refractivity contribution >= 4 is 35.4 Å². The van der Waals surface area contributed by atoms with Gasteiger partial charge in [0, 0.05) is 14.8 Å². The Bertz CT molecular complexity index is 1280. The van der Waals surface area contributed by atoms with Crippen LogP contribution in [0.4, 0.5) is 4.79 Å². The first kappa shape index (κ1) is 31.3. The molecular formula is C31H36ClNO6S. The zero-order valence-electron chi connectivity index (χ0n) is 23.2. The highest BCUT2D eigenvalue weighted by atomic mass is 35.5. The minimum absolute atomic E-state index is 0.0641. The van der Waals surface area contributed by atoms with Crippen molar-refractivity contribution in [2.24, 2.45) is 0 Å². The van der Waals surface area contributed by atoms with Crippen molar-refractivity contribution < 1.29 is 28.9 Å². The maximum absolute atomic E-state index is 12.8. The molecule has 0 spiro atoms. The first-order valence-electron chi connectivity index (χ1n) is 13.1. The van der Waals surface area contributed by atoms with Crippen LogP contribution in [0.1, 0.15) is 45.2 Å². The fourth-order valence-electron chi connectivity index (χ4n) is 3.81. The number of nitrogens with one attached hydrogen (secondary N) is 1. The molecule has 0 aromatic heterocycles. The number of alkyl carbamates (subject to hydrolysis) is 1. The van der Waals surface area contributed by atoms with Crippen molar-refractivity contribution in [3.05, 3.63) is 88.9 Å². The second kappa shape index (κ2) is 14.4. The topological polar surface area (TPSA) is 94.1 Å². The van der Waals surface area contributed by atoms with E-state index in [4.69, 9.17) is 25.8 Å². The number of amides is 1. The number of rotatable bonds is 12. The molecule has 3 rings (SSSR count). The summed E-state index contributed by atoms with van der Waals surface area (Å²) in [6, 6.07) is 23.5. The van der Waals surface area contributed by atoms with Gasteiger partial charge < -0.3 is 24.6 Å². The molecule has 1 unspecified atom stereocenters. The molecule has 2 N–H and O–H groups in total. The molecule has 0 saturated carbocycles. The van der Waals surface area contributed by atoms with Gasteiger partial charge in [0.2, 0.25) is 0 Å². The van der Waals surface area contributed by atoms with Gasteiger partial charge in [0.05, 0.1) is 13.2 Å². The van der Waals surface area contributed by atoms with E-state index in [0.717, 1.165) is 26.7 Å². The average molecular weight is 586 g/mol. The van der Waals surface area contributed by atoms with Crippen LogP contribution >= 0.6 is 23.4 Å². The Kier molecular flexibility index (Phi) is 11.3. The Morgan fingerprint density at radius 1 is 0.975 bits per heavy atom. The third kappa shape index (κ3) is 9.47. The molecule has 7 nitrogen and oxygen atoms in total. The molecular weight excluding hydrogens is 550 g/mol. The smallest absolute Gasteiger partial charge is 0.408 e. The molecule has 0 aliphatic heterocycles. The number of esters is 1. The van der Waals surface area contributed by atoms with E-state index in [1.54, 1.807) is 39.5 Å². The van der Waals surface area contributed by atoms with Crippen LogP contribution in [0.15, 0.2) is 82.6 Å². The van der Waals surface area contributed by atoms with Gasteiger partial charge in [-0.15, -0.1) is 0 Å². The molecule has 1 atom stereocenters. The van der Waals surface area contributed by atoms with Gasteiger partial charge in [0.25, 0.3) is 0 Å². The van der Waals surface area contributed by atoms with Gasteiger partial charge in [-0.3, -0.25) is 0 Å². The van der Waals surface area contributed by atoms with Crippen LogP contribution in [0.3, 0.4) is 0 Å². The predicted octanol–water partition coefficient (Wildman–Crippen LogP) is 6.82. The monoisotopic (exact) mass is 585 g/mol. The van der Waals surface area contributed by atoms with Crippen LogP contribution in [-0.2, 0) is 27.3 Å². The summed E-state index contributed by atoms with van der Waals surface area (Å²) in [6.07, 6.45) is -0.446. The van der Waals surface area contributed by atoms with E-state index in [-0.39, 0.29) is 13.0 Å². The lowest BCUT2D eigenvalue weighted by atomic mass is 9.92. The Labute approximate surface area is 245 Å². The number of halogens is 1.